The molecular formula is C27H27N3O5. The van der Waals surface area contributed by atoms with Crippen LogP contribution in [0.4, 0.5) is 5.69 Å². The Morgan fingerprint density at radius 1 is 0.857 bits per heavy atom. The number of fused-ring (bicyclic) bond motifs is 1. The van der Waals surface area contributed by atoms with Crippen molar-refractivity contribution in [3.05, 3.63) is 78.9 Å². The second-order valence-electron chi connectivity index (χ2n) is 8.43. The molecule has 0 aliphatic carbocycles. The van der Waals surface area contributed by atoms with Gasteiger partial charge >= 0.3 is 0 Å². The van der Waals surface area contributed by atoms with Gasteiger partial charge in [0.15, 0.2) is 17.2 Å². The topological polar surface area (TPSA) is 80.3 Å². The second-order valence-corrected chi connectivity index (χ2v) is 8.43. The number of ether oxygens (including phenoxy) is 3. The van der Waals surface area contributed by atoms with E-state index in [1.807, 2.05) is 77.7 Å². The van der Waals surface area contributed by atoms with Gasteiger partial charge in [0.25, 0.3) is 5.91 Å². The van der Waals surface area contributed by atoms with Crippen LogP contribution in [0.3, 0.4) is 0 Å². The quantitative estimate of drug-likeness (QED) is 0.591. The van der Waals surface area contributed by atoms with E-state index in [1.165, 1.54) is 0 Å². The number of nitrogens with one attached hydrogen (secondary N) is 1. The van der Waals surface area contributed by atoms with Crippen LogP contribution in [0.15, 0.2) is 78.9 Å². The normalized spacial score (nSPS) is 17.5. The summed E-state index contributed by atoms with van der Waals surface area (Å²) in [5.74, 6) is 2.31. The number of para-hydroxylation sites is 5. The summed E-state index contributed by atoms with van der Waals surface area (Å²) in [6, 6.07) is 24.1. The van der Waals surface area contributed by atoms with Crippen molar-refractivity contribution in [1.29, 1.82) is 0 Å². The molecule has 3 aromatic rings. The number of nitrogens with zero attached hydrogens (tertiary/aromatic N) is 2. The molecule has 2 heterocycles. The molecule has 0 bridgehead atoms. The minimum atomic E-state index is -0.652. The maximum atomic E-state index is 12.9. The molecule has 2 aliphatic heterocycles. The lowest BCUT2D eigenvalue weighted by atomic mass is 10.2. The Morgan fingerprint density at radius 3 is 2.34 bits per heavy atom. The Balaban J connectivity index is 1.11. The molecule has 0 aromatic heterocycles. The van der Waals surface area contributed by atoms with Gasteiger partial charge in [-0.2, -0.15) is 0 Å². The Kier molecular flexibility index (Phi) is 6.81. The highest BCUT2D eigenvalue weighted by atomic mass is 16.6. The monoisotopic (exact) mass is 473 g/mol. The Labute approximate surface area is 204 Å². The molecule has 1 N–H and O–H groups in total. The van der Waals surface area contributed by atoms with Gasteiger partial charge in [0, 0.05) is 26.2 Å². The number of hydrogen-bond donors (Lipinski definition) is 1. The van der Waals surface area contributed by atoms with E-state index in [0.29, 0.717) is 54.9 Å². The molecule has 0 unspecified atom stereocenters. The van der Waals surface area contributed by atoms with Crippen LogP contribution in [-0.2, 0) is 9.59 Å². The van der Waals surface area contributed by atoms with Crippen molar-refractivity contribution in [2.45, 2.75) is 6.10 Å². The molecule has 3 aromatic carbocycles. The summed E-state index contributed by atoms with van der Waals surface area (Å²) in [6.07, 6.45) is -0.652. The van der Waals surface area contributed by atoms with Crippen molar-refractivity contribution >= 4 is 17.5 Å². The van der Waals surface area contributed by atoms with Gasteiger partial charge in [-0.05, 0) is 36.4 Å². The predicted octanol–water partition coefficient (Wildman–Crippen LogP) is 3.40. The lowest BCUT2D eigenvalue weighted by molar-refractivity contribution is -0.143. The van der Waals surface area contributed by atoms with Crippen molar-refractivity contribution < 1.29 is 23.8 Å². The Morgan fingerprint density at radius 2 is 1.54 bits per heavy atom. The summed E-state index contributed by atoms with van der Waals surface area (Å²) >= 11 is 0. The molecule has 8 nitrogen and oxygen atoms in total. The summed E-state index contributed by atoms with van der Waals surface area (Å²) < 4.78 is 17.5. The van der Waals surface area contributed by atoms with E-state index in [-0.39, 0.29) is 25.0 Å². The fourth-order valence-corrected chi connectivity index (χ4v) is 4.14. The van der Waals surface area contributed by atoms with Crippen LogP contribution >= 0.6 is 0 Å². The third-order valence-electron chi connectivity index (χ3n) is 5.97. The number of carbonyl (C=O) groups is 2. The molecule has 1 fully saturated rings. The van der Waals surface area contributed by atoms with Crippen LogP contribution < -0.4 is 19.5 Å². The number of carbonyl (C=O) groups excluding carboxylic acids is 2. The van der Waals surface area contributed by atoms with E-state index in [4.69, 9.17) is 14.2 Å². The molecule has 2 aliphatic rings. The third-order valence-corrected chi connectivity index (χ3v) is 5.97. The minimum absolute atomic E-state index is 0.0874. The van der Waals surface area contributed by atoms with E-state index in [2.05, 4.69) is 5.32 Å². The lowest BCUT2D eigenvalue weighted by Gasteiger charge is -2.36. The predicted molar refractivity (Wildman–Crippen MR) is 131 cm³/mol. The van der Waals surface area contributed by atoms with Gasteiger partial charge < -0.3 is 24.4 Å². The van der Waals surface area contributed by atoms with Crippen molar-refractivity contribution in [2.75, 3.05) is 44.6 Å². The van der Waals surface area contributed by atoms with Gasteiger partial charge in [-0.15, -0.1) is 0 Å². The molecule has 35 heavy (non-hydrogen) atoms. The van der Waals surface area contributed by atoms with Gasteiger partial charge in [-0.1, -0.05) is 42.5 Å². The second kappa shape index (κ2) is 10.5. The smallest absolute Gasteiger partial charge is 0.267 e. The van der Waals surface area contributed by atoms with E-state index >= 15 is 0 Å². The highest BCUT2D eigenvalue weighted by molar-refractivity contribution is 5.93. The molecule has 8 heteroatoms. The first kappa shape index (κ1) is 22.7. The maximum absolute atomic E-state index is 12.9. The first-order valence-corrected chi connectivity index (χ1v) is 11.7. The fraction of sp³-hybridized carbons (Fsp3) is 0.259. The molecular weight excluding hydrogens is 446 g/mol. The van der Waals surface area contributed by atoms with Crippen LogP contribution in [0.1, 0.15) is 0 Å². The van der Waals surface area contributed by atoms with Crippen molar-refractivity contribution in [3.63, 3.8) is 0 Å². The maximum Gasteiger partial charge on any atom is 0.267 e. The van der Waals surface area contributed by atoms with Crippen LogP contribution in [0, 0.1) is 0 Å². The Bertz CT molecular complexity index is 1180. The van der Waals surface area contributed by atoms with Crippen molar-refractivity contribution in [1.82, 2.24) is 9.80 Å². The van der Waals surface area contributed by atoms with E-state index in [1.54, 1.807) is 11.0 Å². The van der Waals surface area contributed by atoms with E-state index in [0.717, 1.165) is 0 Å². The highest BCUT2D eigenvalue weighted by Gasteiger charge is 2.33. The zero-order valence-electron chi connectivity index (χ0n) is 19.3. The first-order chi connectivity index (χ1) is 17.2. The van der Waals surface area contributed by atoms with Gasteiger partial charge in [0.2, 0.25) is 12.0 Å². The fourth-order valence-electron chi connectivity index (χ4n) is 4.14. The minimum Gasteiger partial charge on any atom is -0.485 e. The summed E-state index contributed by atoms with van der Waals surface area (Å²) in [5.41, 5.74) is 0.616. The SMILES string of the molecule is O=C(CN1CCN(C(=O)[C@@H]2COc3ccccc3O2)CC1)Nc1ccccc1Oc1ccccc1. The van der Waals surface area contributed by atoms with Crippen LogP contribution in [-0.4, -0.2) is 67.0 Å². The first-order valence-electron chi connectivity index (χ1n) is 11.7. The average molecular weight is 474 g/mol. The zero-order chi connectivity index (χ0) is 24.0. The Hall–Kier alpha value is -4.04. The van der Waals surface area contributed by atoms with Crippen molar-refractivity contribution in [2.24, 2.45) is 0 Å². The van der Waals surface area contributed by atoms with Crippen molar-refractivity contribution in [3.8, 4) is 23.0 Å². The summed E-state index contributed by atoms with van der Waals surface area (Å²) in [5, 5.41) is 2.95. The molecule has 1 atom stereocenters. The standard InChI is InChI=1S/C27H27N3O5/c31-26(28-21-10-4-5-11-22(21)34-20-8-2-1-3-9-20)18-29-14-16-30(17-15-29)27(32)25-19-33-23-12-6-7-13-24(23)35-25/h1-13,25H,14-19H2,(H,28,31)/t25-/m0/s1. The summed E-state index contributed by atoms with van der Waals surface area (Å²) in [7, 11) is 0. The third kappa shape index (κ3) is 5.55. The van der Waals surface area contributed by atoms with Gasteiger partial charge in [0.1, 0.15) is 12.4 Å². The lowest BCUT2D eigenvalue weighted by Crippen LogP contribution is -2.54. The van der Waals surface area contributed by atoms with Crippen LogP contribution in [0.25, 0.3) is 0 Å². The number of benzene rings is 3. The molecule has 0 saturated carbocycles. The van der Waals surface area contributed by atoms with Gasteiger partial charge in [-0.3, -0.25) is 14.5 Å². The number of anilines is 1. The number of piperazine rings is 1. The largest absolute Gasteiger partial charge is 0.485 e. The van der Waals surface area contributed by atoms with E-state index < -0.39 is 6.10 Å². The molecule has 0 spiro atoms. The molecule has 2 amide bonds. The molecule has 180 valence electrons. The van der Waals surface area contributed by atoms with Crippen LogP contribution in [0.2, 0.25) is 0 Å². The van der Waals surface area contributed by atoms with Gasteiger partial charge in [-0.25, -0.2) is 0 Å². The van der Waals surface area contributed by atoms with E-state index in [9.17, 15) is 9.59 Å². The zero-order valence-corrected chi connectivity index (χ0v) is 19.3. The van der Waals surface area contributed by atoms with Gasteiger partial charge in [0.05, 0.1) is 12.2 Å². The molecule has 0 radical (unpaired) electrons. The summed E-state index contributed by atoms with van der Waals surface area (Å²) in [4.78, 5) is 29.5. The average Bonchev–Trinajstić information content (AvgIpc) is 2.90. The number of hydrogen-bond acceptors (Lipinski definition) is 6. The number of amides is 2. The molecule has 5 rings (SSSR count). The highest BCUT2D eigenvalue weighted by Crippen LogP contribution is 2.31. The molecule has 1 saturated heterocycles. The number of rotatable bonds is 6. The van der Waals surface area contributed by atoms with Crippen LogP contribution in [0.5, 0.6) is 23.0 Å². The summed E-state index contributed by atoms with van der Waals surface area (Å²) in [6.45, 7) is 2.70.